The summed E-state index contributed by atoms with van der Waals surface area (Å²) in [5, 5.41) is 8.74. The number of amides is 1. The van der Waals surface area contributed by atoms with Crippen molar-refractivity contribution in [2.45, 2.75) is 49.7 Å². The van der Waals surface area contributed by atoms with Gasteiger partial charge in [0, 0.05) is 17.8 Å². The molecule has 27 heavy (non-hydrogen) atoms. The third kappa shape index (κ3) is 5.75. The standard InChI is InChI=1S/C18H24N4O3S2/c1-11(14-5-7-15(8-6-14)27(19,24)25)20-17(23)10-9-16-12(2)21-18(26-4)22-13(16)3/h5-8,11H,9-10H2,1-4H3,(H,20,23)(H2,19,24,25). The van der Waals surface area contributed by atoms with Crippen LogP contribution < -0.4 is 10.5 Å². The number of primary sulfonamides is 1. The molecule has 0 saturated heterocycles. The zero-order chi connectivity index (χ0) is 20.2. The van der Waals surface area contributed by atoms with Crippen molar-refractivity contribution in [3.8, 4) is 0 Å². The van der Waals surface area contributed by atoms with Crippen LogP contribution in [0.5, 0.6) is 0 Å². The molecule has 7 nitrogen and oxygen atoms in total. The van der Waals surface area contributed by atoms with Gasteiger partial charge in [0.1, 0.15) is 0 Å². The van der Waals surface area contributed by atoms with E-state index in [-0.39, 0.29) is 16.8 Å². The summed E-state index contributed by atoms with van der Waals surface area (Å²) in [5.74, 6) is -0.0919. The zero-order valence-electron chi connectivity index (χ0n) is 15.8. The summed E-state index contributed by atoms with van der Waals surface area (Å²) in [6, 6.07) is 5.92. The average molecular weight is 409 g/mol. The number of sulfonamides is 1. The number of nitrogens with one attached hydrogen (secondary N) is 1. The number of thioether (sulfide) groups is 1. The second-order valence-corrected chi connectivity index (χ2v) is 8.60. The van der Waals surface area contributed by atoms with Crippen LogP contribution in [-0.4, -0.2) is 30.5 Å². The molecule has 146 valence electrons. The van der Waals surface area contributed by atoms with E-state index in [2.05, 4.69) is 15.3 Å². The first-order valence-electron chi connectivity index (χ1n) is 8.42. The lowest BCUT2D eigenvalue weighted by Gasteiger charge is -2.15. The van der Waals surface area contributed by atoms with E-state index in [1.807, 2.05) is 27.0 Å². The molecule has 1 amide bonds. The summed E-state index contributed by atoms with van der Waals surface area (Å²) in [5.41, 5.74) is 3.58. The zero-order valence-corrected chi connectivity index (χ0v) is 17.4. The van der Waals surface area contributed by atoms with Gasteiger partial charge in [-0.1, -0.05) is 23.9 Å². The molecule has 3 N–H and O–H groups in total. The summed E-state index contributed by atoms with van der Waals surface area (Å²) >= 11 is 1.49. The summed E-state index contributed by atoms with van der Waals surface area (Å²) in [4.78, 5) is 21.2. The highest BCUT2D eigenvalue weighted by Gasteiger charge is 2.14. The maximum atomic E-state index is 12.3. The Morgan fingerprint density at radius 3 is 2.22 bits per heavy atom. The van der Waals surface area contributed by atoms with Gasteiger partial charge in [0.2, 0.25) is 15.9 Å². The number of rotatable bonds is 7. The van der Waals surface area contributed by atoms with E-state index in [0.29, 0.717) is 12.8 Å². The Labute approximate surface area is 164 Å². The van der Waals surface area contributed by atoms with Crippen LogP contribution >= 0.6 is 11.8 Å². The van der Waals surface area contributed by atoms with Gasteiger partial charge in [-0.15, -0.1) is 0 Å². The van der Waals surface area contributed by atoms with Crippen molar-refractivity contribution in [1.29, 1.82) is 0 Å². The van der Waals surface area contributed by atoms with Crippen molar-refractivity contribution >= 4 is 27.7 Å². The van der Waals surface area contributed by atoms with Crippen molar-refractivity contribution in [3.63, 3.8) is 0 Å². The minimum Gasteiger partial charge on any atom is -0.350 e. The quantitative estimate of drug-likeness (QED) is 0.536. The molecule has 1 atom stereocenters. The van der Waals surface area contributed by atoms with E-state index < -0.39 is 10.0 Å². The van der Waals surface area contributed by atoms with Gasteiger partial charge in [-0.2, -0.15) is 0 Å². The van der Waals surface area contributed by atoms with Gasteiger partial charge < -0.3 is 5.32 Å². The van der Waals surface area contributed by atoms with Crippen molar-refractivity contribution in [1.82, 2.24) is 15.3 Å². The van der Waals surface area contributed by atoms with Gasteiger partial charge in [-0.25, -0.2) is 23.5 Å². The van der Waals surface area contributed by atoms with Crippen LogP contribution in [0.25, 0.3) is 0 Å². The molecule has 0 saturated carbocycles. The molecule has 1 aromatic carbocycles. The molecule has 1 heterocycles. The van der Waals surface area contributed by atoms with Crippen molar-refractivity contribution < 1.29 is 13.2 Å². The highest BCUT2D eigenvalue weighted by Crippen LogP contribution is 2.18. The Balaban J connectivity index is 1.98. The molecule has 1 unspecified atom stereocenters. The molecule has 0 aliphatic carbocycles. The van der Waals surface area contributed by atoms with E-state index in [0.717, 1.165) is 27.7 Å². The van der Waals surface area contributed by atoms with E-state index in [1.54, 1.807) is 12.1 Å². The molecule has 0 aliphatic heterocycles. The fourth-order valence-corrected chi connectivity index (χ4v) is 3.72. The Morgan fingerprint density at radius 1 is 1.19 bits per heavy atom. The average Bonchev–Trinajstić information content (AvgIpc) is 2.60. The molecule has 0 bridgehead atoms. The van der Waals surface area contributed by atoms with Gasteiger partial charge in [0.05, 0.1) is 10.9 Å². The van der Waals surface area contributed by atoms with Gasteiger partial charge in [-0.3, -0.25) is 4.79 Å². The first-order chi connectivity index (χ1) is 12.6. The number of hydrogen-bond acceptors (Lipinski definition) is 6. The summed E-state index contributed by atoms with van der Waals surface area (Å²) < 4.78 is 22.6. The van der Waals surface area contributed by atoms with Gasteiger partial charge in [0.15, 0.2) is 5.16 Å². The number of aromatic nitrogens is 2. The van der Waals surface area contributed by atoms with Crippen LogP contribution in [0.3, 0.4) is 0 Å². The van der Waals surface area contributed by atoms with Gasteiger partial charge in [-0.05, 0) is 56.7 Å². The number of hydrogen-bond donors (Lipinski definition) is 2. The Bertz CT molecular complexity index is 905. The van der Waals surface area contributed by atoms with Gasteiger partial charge >= 0.3 is 0 Å². The normalized spacial score (nSPS) is 12.6. The number of nitrogens with zero attached hydrogens (tertiary/aromatic N) is 2. The molecule has 0 spiro atoms. The molecule has 0 fully saturated rings. The van der Waals surface area contributed by atoms with Crippen LogP contribution in [-0.2, 0) is 21.2 Å². The highest BCUT2D eigenvalue weighted by molar-refractivity contribution is 7.98. The lowest BCUT2D eigenvalue weighted by molar-refractivity contribution is -0.121. The molecule has 2 aromatic rings. The first kappa shape index (κ1) is 21.3. The Morgan fingerprint density at radius 2 is 1.74 bits per heavy atom. The predicted octanol–water partition coefficient (Wildman–Crippen LogP) is 2.27. The number of benzene rings is 1. The molecule has 0 radical (unpaired) electrons. The van der Waals surface area contributed by atoms with E-state index in [4.69, 9.17) is 5.14 Å². The Hall–Kier alpha value is -1.97. The van der Waals surface area contributed by atoms with E-state index in [9.17, 15) is 13.2 Å². The third-order valence-corrected chi connectivity index (χ3v) is 5.75. The van der Waals surface area contributed by atoms with Gasteiger partial charge in [0.25, 0.3) is 0 Å². The fourth-order valence-electron chi connectivity index (χ4n) is 2.74. The highest BCUT2D eigenvalue weighted by atomic mass is 32.2. The van der Waals surface area contributed by atoms with Crippen LogP contribution in [0, 0.1) is 13.8 Å². The fraction of sp³-hybridized carbons (Fsp3) is 0.389. The van der Waals surface area contributed by atoms with Crippen LogP contribution in [0.4, 0.5) is 0 Å². The summed E-state index contributed by atoms with van der Waals surface area (Å²) in [7, 11) is -3.72. The second kappa shape index (κ2) is 8.81. The molecule has 0 aliphatic rings. The Kier molecular flexibility index (Phi) is 6.96. The van der Waals surface area contributed by atoms with Crippen molar-refractivity contribution in [2.75, 3.05) is 6.26 Å². The topological polar surface area (TPSA) is 115 Å². The lowest BCUT2D eigenvalue weighted by Crippen LogP contribution is -2.27. The summed E-state index contributed by atoms with van der Waals surface area (Å²) in [6.45, 7) is 5.70. The maximum absolute atomic E-state index is 12.3. The minimum absolute atomic E-state index is 0.0458. The largest absolute Gasteiger partial charge is 0.350 e. The SMILES string of the molecule is CSc1nc(C)c(CCC(=O)NC(C)c2ccc(S(N)(=O)=O)cc2)c(C)n1. The first-order valence-corrected chi connectivity index (χ1v) is 11.2. The molecule has 9 heteroatoms. The third-order valence-electron chi connectivity index (χ3n) is 4.27. The summed E-state index contributed by atoms with van der Waals surface area (Å²) in [6.07, 6.45) is 2.82. The lowest BCUT2D eigenvalue weighted by atomic mass is 10.1. The maximum Gasteiger partial charge on any atom is 0.238 e. The predicted molar refractivity (Wildman–Crippen MR) is 106 cm³/mol. The number of carbonyl (C=O) groups is 1. The number of aryl methyl sites for hydroxylation is 2. The van der Waals surface area contributed by atoms with Crippen molar-refractivity contribution in [3.05, 3.63) is 46.8 Å². The van der Waals surface area contributed by atoms with Crippen LogP contribution in [0.15, 0.2) is 34.3 Å². The molecular weight excluding hydrogens is 384 g/mol. The molecule has 2 rings (SSSR count). The van der Waals surface area contributed by atoms with E-state index >= 15 is 0 Å². The number of carbonyl (C=O) groups excluding carboxylic acids is 1. The van der Waals surface area contributed by atoms with Crippen LogP contribution in [0.2, 0.25) is 0 Å². The minimum atomic E-state index is -3.72. The molecule has 1 aromatic heterocycles. The second-order valence-electron chi connectivity index (χ2n) is 6.26. The van der Waals surface area contributed by atoms with E-state index in [1.165, 1.54) is 23.9 Å². The van der Waals surface area contributed by atoms with Crippen molar-refractivity contribution in [2.24, 2.45) is 5.14 Å². The monoisotopic (exact) mass is 408 g/mol. The number of nitrogens with two attached hydrogens (primary N) is 1. The molecular formula is C18H24N4O3S2. The van der Waals surface area contributed by atoms with Crippen LogP contribution in [0.1, 0.15) is 41.9 Å². The smallest absolute Gasteiger partial charge is 0.238 e.